The highest BCUT2D eigenvalue weighted by Gasteiger charge is 2.19. The molecule has 1 aromatic rings. The molecule has 2 N–H and O–H groups in total. The Morgan fingerprint density at radius 3 is 2.53 bits per heavy atom. The minimum atomic E-state index is -3.82. The zero-order chi connectivity index (χ0) is 14.5. The van der Waals surface area contributed by atoms with Crippen molar-refractivity contribution >= 4 is 25.5 Å². The van der Waals surface area contributed by atoms with E-state index in [1.54, 1.807) is 12.1 Å². The number of nitrogens with zero attached hydrogens (tertiary/aromatic N) is 1. The Kier molecular flexibility index (Phi) is 5.27. The molecule has 9 heteroatoms. The Balaban J connectivity index is 2.88. The molecule has 0 saturated heterocycles. The zero-order valence-corrected chi connectivity index (χ0v) is 12.4. The van der Waals surface area contributed by atoms with Crippen LogP contribution in [0.1, 0.15) is 6.92 Å². The van der Waals surface area contributed by atoms with Crippen LogP contribution < -0.4 is 10.0 Å². The van der Waals surface area contributed by atoms with Crippen LogP contribution in [0, 0.1) is 0 Å². The predicted molar refractivity (Wildman–Crippen MR) is 73.3 cm³/mol. The van der Waals surface area contributed by atoms with Crippen molar-refractivity contribution in [1.82, 2.24) is 9.71 Å². The van der Waals surface area contributed by atoms with Gasteiger partial charge in [-0.15, -0.1) is 0 Å². The molecule has 7 nitrogen and oxygen atoms in total. The summed E-state index contributed by atoms with van der Waals surface area (Å²) in [4.78, 5) is 3.82. The number of aromatic nitrogens is 1. The summed E-state index contributed by atoms with van der Waals surface area (Å²) in [6, 6.07) is 3.22. The lowest BCUT2D eigenvalue weighted by Crippen LogP contribution is -2.30. The number of hydrogen-bond acceptors (Lipinski definition) is 6. The fourth-order valence-corrected chi connectivity index (χ4v) is 3.10. The van der Waals surface area contributed by atoms with Crippen molar-refractivity contribution < 1.29 is 16.8 Å². The van der Waals surface area contributed by atoms with E-state index in [1.807, 2.05) is 6.92 Å². The molecule has 1 rings (SSSR count). The molecule has 0 unspecified atom stereocenters. The van der Waals surface area contributed by atoms with Gasteiger partial charge in [0.1, 0.15) is 9.84 Å². The van der Waals surface area contributed by atoms with Gasteiger partial charge in [0.15, 0.2) is 5.03 Å². The zero-order valence-electron chi connectivity index (χ0n) is 10.8. The highest BCUT2D eigenvalue weighted by Crippen LogP contribution is 2.17. The van der Waals surface area contributed by atoms with Crippen LogP contribution >= 0.6 is 0 Å². The van der Waals surface area contributed by atoms with Crippen LogP contribution in [0.4, 0.5) is 5.69 Å². The molecule has 0 fully saturated rings. The van der Waals surface area contributed by atoms with Crippen molar-refractivity contribution in [3.05, 3.63) is 18.3 Å². The van der Waals surface area contributed by atoms with Gasteiger partial charge in [0, 0.05) is 25.5 Å². The molecule has 0 aliphatic rings. The number of sulfonamides is 1. The van der Waals surface area contributed by atoms with Crippen LogP contribution in [0.25, 0.3) is 0 Å². The second-order valence-electron chi connectivity index (χ2n) is 3.91. The number of nitrogens with one attached hydrogen (secondary N) is 2. The quantitative estimate of drug-likeness (QED) is 0.725. The highest BCUT2D eigenvalue weighted by molar-refractivity contribution is 7.91. The lowest BCUT2D eigenvalue weighted by atomic mass is 10.4. The Morgan fingerprint density at radius 2 is 1.95 bits per heavy atom. The molecule has 1 aromatic heterocycles. The van der Waals surface area contributed by atoms with Gasteiger partial charge in [-0.3, -0.25) is 0 Å². The van der Waals surface area contributed by atoms with Crippen molar-refractivity contribution in [2.45, 2.75) is 11.9 Å². The smallest absolute Gasteiger partial charge is 0.260 e. The van der Waals surface area contributed by atoms with Gasteiger partial charge in [-0.1, -0.05) is 0 Å². The number of sulfone groups is 1. The van der Waals surface area contributed by atoms with Gasteiger partial charge < -0.3 is 5.32 Å². The Bertz CT molecular complexity index is 626. The van der Waals surface area contributed by atoms with Crippen LogP contribution in [0.2, 0.25) is 0 Å². The summed E-state index contributed by atoms with van der Waals surface area (Å²) in [6.45, 7) is 2.21. The molecule has 0 aliphatic heterocycles. The monoisotopic (exact) mass is 307 g/mol. The summed E-state index contributed by atoms with van der Waals surface area (Å²) < 4.78 is 48.2. The second-order valence-corrected chi connectivity index (χ2v) is 7.86. The van der Waals surface area contributed by atoms with Gasteiger partial charge >= 0.3 is 0 Å². The highest BCUT2D eigenvalue weighted by atomic mass is 32.2. The van der Waals surface area contributed by atoms with Crippen LogP contribution in [-0.4, -0.2) is 46.9 Å². The fourth-order valence-electron chi connectivity index (χ4n) is 1.36. The van der Waals surface area contributed by atoms with Gasteiger partial charge in [0.25, 0.3) is 10.0 Å². The average molecular weight is 307 g/mol. The van der Waals surface area contributed by atoms with Crippen molar-refractivity contribution in [3.63, 3.8) is 0 Å². The fraction of sp³-hybridized carbons (Fsp3) is 0.500. The average Bonchev–Trinajstić information content (AvgIpc) is 2.28. The summed E-state index contributed by atoms with van der Waals surface area (Å²) in [5.74, 6) is -0.254. The maximum absolute atomic E-state index is 12.0. The first-order chi connectivity index (χ1) is 8.76. The Hall–Kier alpha value is -1.19. The molecule has 0 spiro atoms. The molecular weight excluding hydrogens is 290 g/mol. The van der Waals surface area contributed by atoms with E-state index in [1.165, 1.54) is 6.20 Å². The van der Waals surface area contributed by atoms with Gasteiger partial charge in [-0.2, -0.15) is 0 Å². The Morgan fingerprint density at radius 1 is 1.26 bits per heavy atom. The number of anilines is 1. The molecular formula is C10H17N3O4S2. The molecule has 1 heterocycles. The van der Waals surface area contributed by atoms with Crippen molar-refractivity contribution in [2.75, 3.05) is 30.4 Å². The van der Waals surface area contributed by atoms with E-state index in [0.717, 1.165) is 6.26 Å². The SMILES string of the molecule is CCNc1cccnc1S(=O)(=O)NCCS(C)(=O)=O. The molecule has 0 atom stereocenters. The summed E-state index contributed by atoms with van der Waals surface area (Å²) >= 11 is 0. The summed E-state index contributed by atoms with van der Waals surface area (Å²) in [6.07, 6.45) is 2.41. The summed E-state index contributed by atoms with van der Waals surface area (Å²) in [7, 11) is -7.04. The molecule has 0 aromatic carbocycles. The summed E-state index contributed by atoms with van der Waals surface area (Å²) in [5.41, 5.74) is 0.386. The number of hydrogen-bond donors (Lipinski definition) is 2. The van der Waals surface area contributed by atoms with Crippen LogP contribution in [0.5, 0.6) is 0 Å². The Labute approximate surface area is 113 Å². The standard InChI is InChI=1S/C10H17N3O4S2/c1-3-11-9-5-4-6-12-10(9)19(16,17)13-7-8-18(2,14)15/h4-6,11,13H,3,7-8H2,1-2H3. The van der Waals surface area contributed by atoms with E-state index in [2.05, 4.69) is 15.0 Å². The maximum Gasteiger partial charge on any atom is 0.260 e. The first kappa shape index (κ1) is 15.9. The third-order valence-electron chi connectivity index (χ3n) is 2.16. The van der Waals surface area contributed by atoms with Crippen molar-refractivity contribution in [2.24, 2.45) is 0 Å². The maximum atomic E-state index is 12.0. The normalized spacial score (nSPS) is 12.3. The van der Waals surface area contributed by atoms with Gasteiger partial charge in [0.05, 0.1) is 11.4 Å². The lowest BCUT2D eigenvalue weighted by molar-refractivity contribution is 0.579. The third-order valence-corrected chi connectivity index (χ3v) is 4.52. The largest absolute Gasteiger partial charge is 0.383 e. The first-order valence-corrected chi connectivity index (χ1v) is 9.17. The minimum absolute atomic E-state index is 0.134. The van der Waals surface area contributed by atoms with E-state index < -0.39 is 19.9 Å². The first-order valence-electron chi connectivity index (χ1n) is 5.62. The topological polar surface area (TPSA) is 105 Å². The molecule has 19 heavy (non-hydrogen) atoms. The van der Waals surface area contributed by atoms with E-state index in [4.69, 9.17) is 0 Å². The molecule has 108 valence electrons. The second kappa shape index (κ2) is 6.31. The molecule has 0 radical (unpaired) electrons. The van der Waals surface area contributed by atoms with Gasteiger partial charge in [-0.05, 0) is 19.1 Å². The van der Waals surface area contributed by atoms with Crippen LogP contribution in [0.15, 0.2) is 23.4 Å². The molecule has 0 saturated carbocycles. The van der Waals surface area contributed by atoms with Crippen molar-refractivity contribution in [3.8, 4) is 0 Å². The molecule has 0 bridgehead atoms. The van der Waals surface area contributed by atoms with E-state index in [-0.39, 0.29) is 17.3 Å². The minimum Gasteiger partial charge on any atom is -0.383 e. The van der Waals surface area contributed by atoms with Gasteiger partial charge in [0.2, 0.25) is 0 Å². The van der Waals surface area contributed by atoms with E-state index in [9.17, 15) is 16.8 Å². The van der Waals surface area contributed by atoms with E-state index in [0.29, 0.717) is 12.2 Å². The number of rotatable bonds is 7. The molecule has 0 amide bonds. The lowest BCUT2D eigenvalue weighted by Gasteiger charge is -2.10. The van der Waals surface area contributed by atoms with Gasteiger partial charge in [-0.25, -0.2) is 26.5 Å². The number of pyridine rings is 1. The van der Waals surface area contributed by atoms with Crippen molar-refractivity contribution in [1.29, 1.82) is 0 Å². The summed E-state index contributed by atoms with van der Waals surface area (Å²) in [5, 5.41) is 2.76. The molecule has 0 aliphatic carbocycles. The van der Waals surface area contributed by atoms with E-state index >= 15 is 0 Å². The van der Waals surface area contributed by atoms with Crippen LogP contribution in [0.3, 0.4) is 0 Å². The third kappa shape index (κ3) is 5.13. The predicted octanol–water partition coefficient (Wildman–Crippen LogP) is -0.164. The van der Waals surface area contributed by atoms with Crippen LogP contribution in [-0.2, 0) is 19.9 Å².